The summed E-state index contributed by atoms with van der Waals surface area (Å²) in [6.45, 7) is 0. The van der Waals surface area contributed by atoms with Crippen molar-refractivity contribution in [2.24, 2.45) is 0 Å². The molecule has 21 heavy (non-hydrogen) atoms. The van der Waals surface area contributed by atoms with Crippen LogP contribution in [0.25, 0.3) is 0 Å². The van der Waals surface area contributed by atoms with Crippen molar-refractivity contribution in [2.45, 2.75) is 10.5 Å². The summed E-state index contributed by atoms with van der Waals surface area (Å²) < 4.78 is 34.7. The molecule has 0 fully saturated rings. The summed E-state index contributed by atoms with van der Waals surface area (Å²) >= 11 is 0. The smallest absolute Gasteiger partial charge is 0.181 e. The fourth-order valence-corrected chi connectivity index (χ4v) is 3.74. The van der Waals surface area contributed by atoms with E-state index >= 15 is 0 Å². The maximum absolute atomic E-state index is 12.5. The van der Waals surface area contributed by atoms with Crippen molar-refractivity contribution in [3.05, 3.63) is 48.0 Å². The Hall–Kier alpha value is -2.15. The highest BCUT2D eigenvalue weighted by Gasteiger charge is 2.40. The molecule has 0 aromatic carbocycles. The van der Waals surface area contributed by atoms with Gasteiger partial charge >= 0.3 is 0 Å². The summed E-state index contributed by atoms with van der Waals surface area (Å²) in [5.74, 6) is -0.703. The van der Waals surface area contributed by atoms with Crippen molar-refractivity contribution in [2.75, 3.05) is 14.2 Å². The monoisotopic (exact) mass is 310 g/mol. The van der Waals surface area contributed by atoms with E-state index in [9.17, 15) is 18.0 Å². The number of sulfone groups is 1. The van der Waals surface area contributed by atoms with Gasteiger partial charge in [-0.3, -0.25) is 9.59 Å². The van der Waals surface area contributed by atoms with E-state index in [0.717, 1.165) is 12.2 Å². The summed E-state index contributed by atoms with van der Waals surface area (Å²) in [6.07, 6.45) is 7.47. The predicted octanol–water partition coefficient (Wildman–Crippen LogP) is 0.477. The first kappa shape index (κ1) is 15.2. The molecule has 0 radical (unpaired) electrons. The maximum Gasteiger partial charge on any atom is 0.181 e. The molecule has 6 nitrogen and oxygen atoms in total. The summed E-state index contributed by atoms with van der Waals surface area (Å²) in [4.78, 5) is 23.8. The van der Waals surface area contributed by atoms with Crippen LogP contribution in [0.3, 0.4) is 0 Å². The zero-order valence-electron chi connectivity index (χ0n) is 11.5. The Morgan fingerprint density at radius 1 is 0.857 bits per heavy atom. The number of allylic oxidation sites excluding steroid dienone is 4. The summed E-state index contributed by atoms with van der Waals surface area (Å²) in [5.41, 5.74) is 0. The van der Waals surface area contributed by atoms with E-state index in [1.807, 2.05) is 0 Å². The highest BCUT2D eigenvalue weighted by atomic mass is 32.2. The van der Waals surface area contributed by atoms with Crippen molar-refractivity contribution >= 4 is 21.4 Å². The first-order chi connectivity index (χ1) is 9.90. The largest absolute Gasteiger partial charge is 0.497 e. The van der Waals surface area contributed by atoms with Gasteiger partial charge in [0, 0.05) is 12.2 Å². The third-order valence-corrected chi connectivity index (χ3v) is 5.37. The van der Waals surface area contributed by atoms with Crippen LogP contribution in [0, 0.1) is 0 Å². The van der Waals surface area contributed by atoms with Gasteiger partial charge in [0.15, 0.2) is 21.4 Å². The van der Waals surface area contributed by atoms with Crippen LogP contribution < -0.4 is 0 Å². The average molecular weight is 310 g/mol. The second-order valence-electron chi connectivity index (χ2n) is 4.45. The number of hydrogen-bond acceptors (Lipinski definition) is 6. The lowest BCUT2D eigenvalue weighted by atomic mass is 10.1. The second kappa shape index (κ2) is 5.69. The Morgan fingerprint density at radius 3 is 1.52 bits per heavy atom. The van der Waals surface area contributed by atoms with Gasteiger partial charge in [-0.1, -0.05) is 12.2 Å². The highest BCUT2D eigenvalue weighted by molar-refractivity contribution is 7.94. The Bertz CT molecular complexity index is 639. The van der Waals surface area contributed by atoms with Crippen LogP contribution >= 0.6 is 0 Å². The minimum Gasteiger partial charge on any atom is -0.497 e. The minimum atomic E-state index is -4.02. The lowest BCUT2D eigenvalue weighted by Crippen LogP contribution is -2.40. The zero-order chi connectivity index (χ0) is 15.6. The number of ketones is 2. The van der Waals surface area contributed by atoms with Gasteiger partial charge in [0.05, 0.1) is 14.2 Å². The average Bonchev–Trinajstić information content (AvgIpc) is 2.46. The summed E-state index contributed by atoms with van der Waals surface area (Å²) in [6, 6.07) is 0. The third-order valence-electron chi connectivity index (χ3n) is 3.18. The van der Waals surface area contributed by atoms with Crippen molar-refractivity contribution in [3.8, 4) is 0 Å². The van der Waals surface area contributed by atoms with Gasteiger partial charge in [-0.25, -0.2) is 8.42 Å². The molecule has 0 aromatic heterocycles. The van der Waals surface area contributed by atoms with Crippen molar-refractivity contribution in [1.82, 2.24) is 0 Å². The van der Waals surface area contributed by atoms with Crippen LogP contribution in [0.2, 0.25) is 0 Å². The first-order valence-electron chi connectivity index (χ1n) is 6.08. The SMILES string of the molecule is COC1=CC(=O)C(S(=O)(=O)C2C=CC(OC)=CC2=O)C=C1. The summed E-state index contributed by atoms with van der Waals surface area (Å²) in [5, 5.41) is -2.76. The van der Waals surface area contributed by atoms with Crippen LogP contribution in [0.5, 0.6) is 0 Å². The van der Waals surface area contributed by atoms with Crippen LogP contribution in [0.4, 0.5) is 0 Å². The lowest BCUT2D eigenvalue weighted by Gasteiger charge is -2.21. The summed E-state index contributed by atoms with van der Waals surface area (Å²) in [7, 11) is -1.26. The number of methoxy groups -OCH3 is 2. The molecule has 0 amide bonds. The Kier molecular flexibility index (Phi) is 4.13. The maximum atomic E-state index is 12.5. The molecule has 0 aromatic rings. The van der Waals surface area contributed by atoms with Crippen LogP contribution in [0.1, 0.15) is 0 Å². The van der Waals surface area contributed by atoms with E-state index in [4.69, 9.17) is 9.47 Å². The minimum absolute atomic E-state index is 0.276. The molecular formula is C14H14O6S. The number of ether oxygens (including phenoxy) is 2. The molecule has 0 saturated carbocycles. The molecule has 0 aliphatic heterocycles. The molecule has 0 saturated heterocycles. The van der Waals surface area contributed by atoms with Gasteiger partial charge in [-0.15, -0.1) is 0 Å². The van der Waals surface area contributed by atoms with Gasteiger partial charge in [-0.05, 0) is 12.2 Å². The zero-order valence-corrected chi connectivity index (χ0v) is 12.3. The van der Waals surface area contributed by atoms with Gasteiger partial charge < -0.3 is 9.47 Å². The molecule has 0 heterocycles. The number of carbonyl (C=O) groups is 2. The number of hydrogen-bond donors (Lipinski definition) is 0. The second-order valence-corrected chi connectivity index (χ2v) is 6.65. The van der Waals surface area contributed by atoms with E-state index < -0.39 is 31.9 Å². The van der Waals surface area contributed by atoms with Gasteiger partial charge in [0.1, 0.15) is 22.0 Å². The number of carbonyl (C=O) groups excluding carboxylic acids is 2. The molecule has 0 N–H and O–H groups in total. The van der Waals surface area contributed by atoms with Crippen molar-refractivity contribution < 1.29 is 27.5 Å². The van der Waals surface area contributed by atoms with Gasteiger partial charge in [0.25, 0.3) is 0 Å². The number of rotatable bonds is 4. The Labute approximate surface area is 122 Å². The topological polar surface area (TPSA) is 86.7 Å². The van der Waals surface area contributed by atoms with Gasteiger partial charge in [0.2, 0.25) is 0 Å². The molecule has 2 unspecified atom stereocenters. The van der Waals surface area contributed by atoms with Crippen LogP contribution in [0.15, 0.2) is 48.0 Å². The molecule has 2 aliphatic carbocycles. The van der Waals surface area contributed by atoms with E-state index in [0.29, 0.717) is 0 Å². The molecule has 2 atom stereocenters. The van der Waals surface area contributed by atoms with E-state index in [-0.39, 0.29) is 11.5 Å². The van der Waals surface area contributed by atoms with Crippen LogP contribution in [-0.4, -0.2) is 44.7 Å². The van der Waals surface area contributed by atoms with Crippen molar-refractivity contribution in [1.29, 1.82) is 0 Å². The third kappa shape index (κ3) is 2.82. The molecular weight excluding hydrogens is 296 g/mol. The lowest BCUT2D eigenvalue weighted by molar-refractivity contribution is -0.114. The fraction of sp³-hybridized carbons (Fsp3) is 0.286. The first-order valence-corrected chi connectivity index (χ1v) is 7.69. The van der Waals surface area contributed by atoms with E-state index in [2.05, 4.69) is 0 Å². The molecule has 0 bridgehead atoms. The predicted molar refractivity (Wildman–Crippen MR) is 75.0 cm³/mol. The standard InChI is InChI=1S/C14H14O6S/c1-19-9-3-5-13(11(15)7-9)21(17,18)14-6-4-10(20-2)8-12(14)16/h3-8,13-14H,1-2H3. The normalized spacial score (nSPS) is 25.4. The van der Waals surface area contributed by atoms with Gasteiger partial charge in [-0.2, -0.15) is 0 Å². The van der Waals surface area contributed by atoms with E-state index in [1.54, 1.807) is 0 Å². The molecule has 7 heteroatoms. The molecule has 0 spiro atoms. The molecule has 2 rings (SSSR count). The fourth-order valence-electron chi connectivity index (χ4n) is 2.05. The Morgan fingerprint density at radius 2 is 1.24 bits per heavy atom. The highest BCUT2D eigenvalue weighted by Crippen LogP contribution is 2.23. The van der Waals surface area contributed by atoms with Crippen LogP contribution in [-0.2, 0) is 28.9 Å². The Balaban J connectivity index is 2.29. The molecule has 2 aliphatic rings. The van der Waals surface area contributed by atoms with Crippen molar-refractivity contribution in [3.63, 3.8) is 0 Å². The quantitative estimate of drug-likeness (QED) is 0.750. The molecule has 112 valence electrons. The van der Waals surface area contributed by atoms with E-state index in [1.165, 1.54) is 38.5 Å².